The van der Waals surface area contributed by atoms with Crippen LogP contribution in [0.4, 0.5) is 5.69 Å². The first-order valence-corrected chi connectivity index (χ1v) is 7.33. The monoisotopic (exact) mass is 339 g/mol. The molecule has 108 valence electrons. The van der Waals surface area contributed by atoms with Gasteiger partial charge in [0.05, 0.1) is 6.42 Å². The Morgan fingerprint density at radius 2 is 1.81 bits per heavy atom. The lowest BCUT2D eigenvalue weighted by atomic mass is 10.1. The van der Waals surface area contributed by atoms with Crippen LogP contribution in [0.1, 0.15) is 11.1 Å². The van der Waals surface area contributed by atoms with Crippen LogP contribution in [0.5, 0.6) is 0 Å². The van der Waals surface area contributed by atoms with E-state index in [4.69, 9.17) is 34.8 Å². The zero-order valence-electron chi connectivity index (χ0n) is 10.9. The summed E-state index contributed by atoms with van der Waals surface area (Å²) in [5.74, 6) is -0.101. The van der Waals surface area contributed by atoms with Gasteiger partial charge in [-0.25, -0.2) is 0 Å². The minimum absolute atomic E-state index is 0.101. The summed E-state index contributed by atoms with van der Waals surface area (Å²) >= 11 is 17.1. The summed E-state index contributed by atoms with van der Waals surface area (Å²) in [5, 5.41) is 3.44. The first kappa shape index (κ1) is 15.9. The summed E-state index contributed by atoms with van der Waals surface area (Å²) in [6.07, 6.45) is 1.90. The predicted molar refractivity (Wildman–Crippen MR) is 89.9 cm³/mol. The van der Waals surface area contributed by atoms with Crippen LogP contribution in [0, 0.1) is 0 Å². The van der Waals surface area contributed by atoms with Gasteiger partial charge in [0.15, 0.2) is 0 Å². The molecular formula is C16H12Cl3NO. The van der Waals surface area contributed by atoms with E-state index >= 15 is 0 Å². The lowest BCUT2D eigenvalue weighted by Crippen LogP contribution is -2.14. The predicted octanol–water partition coefficient (Wildman–Crippen LogP) is 5.30. The van der Waals surface area contributed by atoms with Crippen LogP contribution in [0.25, 0.3) is 6.08 Å². The zero-order chi connectivity index (χ0) is 15.2. The highest BCUT2D eigenvalue weighted by Crippen LogP contribution is 2.16. The molecule has 1 amide bonds. The molecule has 0 aliphatic carbocycles. The smallest absolute Gasteiger partial charge is 0.228 e. The molecule has 2 aromatic carbocycles. The van der Waals surface area contributed by atoms with Crippen molar-refractivity contribution in [3.05, 3.63) is 69.2 Å². The molecule has 0 radical (unpaired) electrons. The van der Waals surface area contributed by atoms with Gasteiger partial charge in [0, 0.05) is 10.7 Å². The third kappa shape index (κ3) is 5.43. The fraction of sp³-hybridized carbons (Fsp3) is 0.0625. The van der Waals surface area contributed by atoms with Crippen molar-refractivity contribution in [3.8, 4) is 0 Å². The maximum absolute atomic E-state index is 12.0. The summed E-state index contributed by atoms with van der Waals surface area (Å²) in [4.78, 5) is 12.0. The second-order valence-electron chi connectivity index (χ2n) is 4.41. The fourth-order valence-electron chi connectivity index (χ4n) is 1.84. The Hall–Kier alpha value is -1.48. The van der Waals surface area contributed by atoms with E-state index in [0.29, 0.717) is 10.7 Å². The Bertz CT molecular complexity index is 661. The second-order valence-corrected chi connectivity index (χ2v) is 5.86. The second kappa shape index (κ2) is 7.51. The summed E-state index contributed by atoms with van der Waals surface area (Å²) < 4.78 is 0.178. The van der Waals surface area contributed by atoms with Gasteiger partial charge < -0.3 is 5.32 Å². The Morgan fingerprint density at radius 1 is 1.10 bits per heavy atom. The minimum Gasteiger partial charge on any atom is -0.326 e. The standard InChI is InChI=1S/C16H12Cl3NO/c17-13-4-6-14(7-5-13)20-16(21)10-12-3-1-2-11(8-12)9-15(18)19/h1-9H,10H2,(H,20,21). The summed E-state index contributed by atoms with van der Waals surface area (Å²) in [5.41, 5.74) is 2.45. The molecule has 0 aliphatic heterocycles. The summed E-state index contributed by atoms with van der Waals surface area (Å²) in [6, 6.07) is 14.4. The number of hydrogen-bond donors (Lipinski definition) is 1. The van der Waals surface area contributed by atoms with Crippen molar-refractivity contribution < 1.29 is 4.79 Å². The fourth-order valence-corrected chi connectivity index (χ4v) is 2.22. The topological polar surface area (TPSA) is 29.1 Å². The van der Waals surface area contributed by atoms with Crippen molar-refractivity contribution in [3.63, 3.8) is 0 Å². The maximum atomic E-state index is 12.0. The number of halogens is 3. The van der Waals surface area contributed by atoms with Crippen LogP contribution >= 0.6 is 34.8 Å². The Kier molecular flexibility index (Phi) is 5.68. The van der Waals surface area contributed by atoms with Gasteiger partial charge in [0.1, 0.15) is 4.49 Å². The molecule has 0 heterocycles. The number of anilines is 1. The molecule has 2 aromatic rings. The van der Waals surface area contributed by atoms with E-state index < -0.39 is 0 Å². The van der Waals surface area contributed by atoms with Crippen LogP contribution < -0.4 is 5.32 Å². The Labute approximate surface area is 138 Å². The molecule has 0 aromatic heterocycles. The van der Waals surface area contributed by atoms with Crippen molar-refractivity contribution in [2.75, 3.05) is 5.32 Å². The first-order valence-electron chi connectivity index (χ1n) is 6.20. The number of benzene rings is 2. The molecule has 1 N–H and O–H groups in total. The van der Waals surface area contributed by atoms with Crippen molar-refractivity contribution in [1.82, 2.24) is 0 Å². The molecule has 5 heteroatoms. The average molecular weight is 341 g/mol. The van der Waals surface area contributed by atoms with Crippen LogP contribution in [0.15, 0.2) is 53.0 Å². The average Bonchev–Trinajstić information content (AvgIpc) is 2.41. The van der Waals surface area contributed by atoms with Crippen molar-refractivity contribution >= 4 is 52.5 Å². The minimum atomic E-state index is -0.101. The van der Waals surface area contributed by atoms with Gasteiger partial charge >= 0.3 is 0 Å². The number of rotatable bonds is 4. The lowest BCUT2D eigenvalue weighted by molar-refractivity contribution is -0.115. The van der Waals surface area contributed by atoms with E-state index in [0.717, 1.165) is 11.1 Å². The molecule has 0 fully saturated rings. The Balaban J connectivity index is 2.02. The van der Waals surface area contributed by atoms with E-state index in [9.17, 15) is 4.79 Å². The Morgan fingerprint density at radius 3 is 2.48 bits per heavy atom. The first-order chi connectivity index (χ1) is 10.0. The quantitative estimate of drug-likeness (QED) is 0.804. The number of carbonyl (C=O) groups excluding carboxylic acids is 1. The van der Waals surface area contributed by atoms with E-state index in [1.807, 2.05) is 24.3 Å². The number of nitrogens with one attached hydrogen (secondary N) is 1. The van der Waals surface area contributed by atoms with Crippen LogP contribution in [0.3, 0.4) is 0 Å². The molecule has 0 saturated heterocycles. The normalized spacial score (nSPS) is 10.0. The molecule has 0 atom stereocenters. The highest BCUT2D eigenvalue weighted by atomic mass is 35.5. The third-order valence-electron chi connectivity index (χ3n) is 2.72. The van der Waals surface area contributed by atoms with E-state index in [1.54, 1.807) is 30.3 Å². The van der Waals surface area contributed by atoms with Crippen molar-refractivity contribution in [2.24, 2.45) is 0 Å². The van der Waals surface area contributed by atoms with Crippen molar-refractivity contribution in [2.45, 2.75) is 6.42 Å². The third-order valence-corrected chi connectivity index (χ3v) is 3.19. The SMILES string of the molecule is O=C(Cc1cccc(C=C(Cl)Cl)c1)Nc1ccc(Cl)cc1. The van der Waals surface area contributed by atoms with E-state index in [2.05, 4.69) is 5.32 Å². The van der Waals surface area contributed by atoms with Crippen LogP contribution in [-0.4, -0.2) is 5.91 Å². The largest absolute Gasteiger partial charge is 0.326 e. The van der Waals surface area contributed by atoms with Crippen molar-refractivity contribution in [1.29, 1.82) is 0 Å². The highest BCUT2D eigenvalue weighted by molar-refractivity contribution is 6.57. The molecule has 2 nitrogen and oxygen atoms in total. The van der Waals surface area contributed by atoms with Gasteiger partial charge in [-0.05, 0) is 41.5 Å². The molecule has 0 bridgehead atoms. The maximum Gasteiger partial charge on any atom is 0.228 e. The molecular weight excluding hydrogens is 329 g/mol. The van der Waals surface area contributed by atoms with Gasteiger partial charge in [-0.3, -0.25) is 4.79 Å². The summed E-state index contributed by atoms with van der Waals surface area (Å²) in [6.45, 7) is 0. The van der Waals surface area contributed by atoms with Gasteiger partial charge in [-0.15, -0.1) is 0 Å². The molecule has 2 rings (SSSR count). The zero-order valence-corrected chi connectivity index (χ0v) is 13.2. The number of carbonyl (C=O) groups is 1. The number of amides is 1. The van der Waals surface area contributed by atoms with E-state index in [-0.39, 0.29) is 16.8 Å². The van der Waals surface area contributed by atoms with Gasteiger partial charge in [-0.2, -0.15) is 0 Å². The number of hydrogen-bond acceptors (Lipinski definition) is 1. The molecule has 0 unspecified atom stereocenters. The molecule has 0 spiro atoms. The highest BCUT2D eigenvalue weighted by Gasteiger charge is 2.04. The molecule has 0 aliphatic rings. The van der Waals surface area contributed by atoms with Gasteiger partial charge in [0.2, 0.25) is 5.91 Å². The molecule has 0 saturated carbocycles. The molecule has 21 heavy (non-hydrogen) atoms. The summed E-state index contributed by atoms with van der Waals surface area (Å²) in [7, 11) is 0. The van der Waals surface area contributed by atoms with Crippen LogP contribution in [0.2, 0.25) is 5.02 Å². The van der Waals surface area contributed by atoms with Crippen LogP contribution in [-0.2, 0) is 11.2 Å². The van der Waals surface area contributed by atoms with Gasteiger partial charge in [-0.1, -0.05) is 59.1 Å². The van der Waals surface area contributed by atoms with Gasteiger partial charge in [0.25, 0.3) is 0 Å². The van der Waals surface area contributed by atoms with E-state index in [1.165, 1.54) is 0 Å². The lowest BCUT2D eigenvalue weighted by Gasteiger charge is -2.06.